The van der Waals surface area contributed by atoms with Crippen LogP contribution in [0.25, 0.3) is 0 Å². The van der Waals surface area contributed by atoms with Crippen molar-refractivity contribution in [1.29, 1.82) is 0 Å². The zero-order valence-electron chi connectivity index (χ0n) is 16.5. The molecule has 4 nitrogen and oxygen atoms in total. The summed E-state index contributed by atoms with van der Waals surface area (Å²) in [5, 5.41) is 0. The zero-order chi connectivity index (χ0) is 17.7. The average molecular weight is 335 g/mol. The molecule has 0 rings (SSSR count). The van der Waals surface area contributed by atoms with E-state index in [-0.39, 0.29) is 16.2 Å². The highest BCUT2D eigenvalue weighted by molar-refractivity contribution is 6.53. The third-order valence-electron chi connectivity index (χ3n) is 2.37. The largest absolute Gasteiger partial charge is 0.679 e. The monoisotopic (exact) mass is 334 g/mol. The summed E-state index contributed by atoms with van der Waals surface area (Å²) < 4.78 is 24.2. The quantitative estimate of drug-likeness (QED) is 0.606. The highest BCUT2D eigenvalue weighted by Gasteiger charge is 2.48. The van der Waals surface area contributed by atoms with Gasteiger partial charge in [0.25, 0.3) is 0 Å². The highest BCUT2D eigenvalue weighted by Crippen LogP contribution is 2.25. The Morgan fingerprint density at radius 1 is 0.545 bits per heavy atom. The average Bonchev–Trinajstić information content (AvgIpc) is 2.28. The molecule has 134 valence electrons. The molecule has 0 radical (unpaired) electrons. The van der Waals surface area contributed by atoms with Gasteiger partial charge in [0.2, 0.25) is 0 Å². The Kier molecular flexibility index (Phi) is 8.26. The van der Waals surface area contributed by atoms with Gasteiger partial charge in [-0.05, 0) is 23.2 Å². The molecule has 0 amide bonds. The molecule has 0 saturated heterocycles. The lowest BCUT2D eigenvalue weighted by Crippen LogP contribution is -2.53. The van der Waals surface area contributed by atoms with Gasteiger partial charge in [0.1, 0.15) is 0 Å². The first-order valence-corrected chi connectivity index (χ1v) is 9.87. The molecule has 0 atom stereocenters. The lowest BCUT2D eigenvalue weighted by atomic mass is 9.99. The molecule has 0 heterocycles. The maximum absolute atomic E-state index is 6.10. The summed E-state index contributed by atoms with van der Waals surface area (Å²) in [7, 11) is -3.12. The van der Waals surface area contributed by atoms with Gasteiger partial charge >= 0.3 is 9.05 Å². The van der Waals surface area contributed by atoms with Crippen molar-refractivity contribution in [3.63, 3.8) is 0 Å². The predicted octanol–water partition coefficient (Wildman–Crippen LogP) is 4.65. The van der Waals surface area contributed by atoms with Crippen molar-refractivity contribution in [1.82, 2.24) is 0 Å². The summed E-state index contributed by atoms with van der Waals surface area (Å²) in [6.45, 7) is 23.3. The van der Waals surface area contributed by atoms with Gasteiger partial charge in [-0.15, -0.1) is 0 Å². The third kappa shape index (κ3) is 11.6. The molecule has 0 saturated carbocycles. The number of hydrogen-bond acceptors (Lipinski definition) is 4. The van der Waals surface area contributed by atoms with Crippen LogP contribution in [0.15, 0.2) is 0 Å². The van der Waals surface area contributed by atoms with Crippen LogP contribution in [0.1, 0.15) is 69.2 Å². The van der Waals surface area contributed by atoms with Crippen LogP contribution in [0.2, 0.25) is 0 Å². The summed E-state index contributed by atoms with van der Waals surface area (Å²) in [6.07, 6.45) is 0. The van der Waals surface area contributed by atoms with E-state index in [0.29, 0.717) is 26.4 Å². The minimum atomic E-state index is -3.12. The second-order valence-corrected chi connectivity index (χ2v) is 11.6. The van der Waals surface area contributed by atoms with Crippen LogP contribution in [0.5, 0.6) is 0 Å². The maximum atomic E-state index is 6.10. The first kappa shape index (κ1) is 22.1. The Bertz CT molecular complexity index is 265. The van der Waals surface area contributed by atoms with E-state index in [0.717, 1.165) is 0 Å². The third-order valence-corrected chi connectivity index (χ3v) is 4.50. The van der Waals surface area contributed by atoms with Gasteiger partial charge in [-0.25, -0.2) is 0 Å². The smallest absolute Gasteiger partial charge is 0.351 e. The minimum absolute atomic E-state index is 0.0333. The number of hydrogen-bond donors (Lipinski definition) is 0. The van der Waals surface area contributed by atoms with Crippen LogP contribution in [-0.4, -0.2) is 35.5 Å². The van der Waals surface area contributed by atoms with E-state index in [9.17, 15) is 0 Å². The molecule has 0 fully saturated rings. The van der Waals surface area contributed by atoms with Crippen molar-refractivity contribution in [2.45, 2.75) is 69.2 Å². The van der Waals surface area contributed by atoms with E-state index in [4.69, 9.17) is 17.7 Å². The van der Waals surface area contributed by atoms with Crippen LogP contribution in [0.4, 0.5) is 0 Å². The van der Waals surface area contributed by atoms with Crippen LogP contribution in [-0.2, 0) is 17.7 Å². The molecule has 0 bridgehead atoms. The van der Waals surface area contributed by atoms with Gasteiger partial charge in [0.05, 0.1) is 0 Å². The standard InChI is InChI=1S/C17H38O4Si/c1-11-18-22(19-12-15(2,3)4,20-13-16(5,6)7)21-14-17(8,9)10/h11-14H2,1-10H3. The van der Waals surface area contributed by atoms with E-state index in [1.165, 1.54) is 0 Å². The summed E-state index contributed by atoms with van der Waals surface area (Å²) in [4.78, 5) is 0. The van der Waals surface area contributed by atoms with Crippen molar-refractivity contribution in [3.05, 3.63) is 0 Å². The molecule has 0 aromatic rings. The molecule has 5 heteroatoms. The topological polar surface area (TPSA) is 36.9 Å². The first-order chi connectivity index (χ1) is 9.68. The van der Waals surface area contributed by atoms with Gasteiger partial charge in [-0.2, -0.15) is 0 Å². The fraction of sp³-hybridized carbons (Fsp3) is 1.00. The zero-order valence-corrected chi connectivity index (χ0v) is 17.5. The van der Waals surface area contributed by atoms with Crippen molar-refractivity contribution < 1.29 is 17.7 Å². The summed E-state index contributed by atoms with van der Waals surface area (Å²) in [6, 6.07) is 0. The number of rotatable bonds is 8. The van der Waals surface area contributed by atoms with E-state index < -0.39 is 9.05 Å². The van der Waals surface area contributed by atoms with E-state index in [1.54, 1.807) is 0 Å². The molecular formula is C17H38O4Si. The fourth-order valence-corrected chi connectivity index (χ4v) is 4.02. The van der Waals surface area contributed by atoms with Crippen LogP contribution in [0, 0.1) is 16.2 Å². The Morgan fingerprint density at radius 3 is 1.00 bits per heavy atom. The SMILES string of the molecule is CCO[Si](OCC(C)(C)C)(OCC(C)(C)C)OCC(C)(C)C. The summed E-state index contributed by atoms with van der Waals surface area (Å²) >= 11 is 0. The predicted molar refractivity (Wildman–Crippen MR) is 93.6 cm³/mol. The molecule has 0 aliphatic rings. The molecule has 0 aromatic heterocycles. The molecule has 22 heavy (non-hydrogen) atoms. The van der Waals surface area contributed by atoms with Crippen molar-refractivity contribution >= 4 is 9.05 Å². The molecule has 0 N–H and O–H groups in total. The first-order valence-electron chi connectivity index (χ1n) is 8.24. The molecule has 0 aliphatic carbocycles. The molecule has 0 spiro atoms. The van der Waals surface area contributed by atoms with Gasteiger partial charge in [-0.1, -0.05) is 62.3 Å². The molecule has 0 aliphatic heterocycles. The van der Waals surface area contributed by atoms with Gasteiger partial charge < -0.3 is 17.7 Å². The van der Waals surface area contributed by atoms with E-state index in [2.05, 4.69) is 62.3 Å². The fourth-order valence-electron chi connectivity index (χ4n) is 1.34. The van der Waals surface area contributed by atoms with E-state index in [1.807, 2.05) is 6.92 Å². The molecular weight excluding hydrogens is 296 g/mol. The van der Waals surface area contributed by atoms with Crippen molar-refractivity contribution in [2.24, 2.45) is 16.2 Å². The van der Waals surface area contributed by atoms with Crippen molar-refractivity contribution in [2.75, 3.05) is 26.4 Å². The summed E-state index contributed by atoms with van der Waals surface area (Å²) in [5.41, 5.74) is 0.0998. The minimum Gasteiger partial charge on any atom is -0.351 e. The van der Waals surface area contributed by atoms with Gasteiger partial charge in [0.15, 0.2) is 0 Å². The van der Waals surface area contributed by atoms with Crippen molar-refractivity contribution in [3.8, 4) is 0 Å². The van der Waals surface area contributed by atoms with Crippen LogP contribution < -0.4 is 0 Å². The normalized spacial score (nSPS) is 14.5. The van der Waals surface area contributed by atoms with Gasteiger partial charge in [0, 0.05) is 26.4 Å². The second-order valence-electron chi connectivity index (χ2n) is 9.48. The molecule has 0 aromatic carbocycles. The lowest BCUT2D eigenvalue weighted by molar-refractivity contribution is -0.0669. The Hall–Kier alpha value is 0.0569. The lowest BCUT2D eigenvalue weighted by Gasteiger charge is -2.34. The van der Waals surface area contributed by atoms with Gasteiger partial charge in [-0.3, -0.25) is 0 Å². The van der Waals surface area contributed by atoms with Crippen LogP contribution in [0.3, 0.4) is 0 Å². The Labute approximate surface area is 139 Å². The highest BCUT2D eigenvalue weighted by atomic mass is 28.4. The summed E-state index contributed by atoms with van der Waals surface area (Å²) in [5.74, 6) is 0. The van der Waals surface area contributed by atoms with E-state index >= 15 is 0 Å². The second kappa shape index (κ2) is 8.24. The molecule has 0 unspecified atom stereocenters. The maximum Gasteiger partial charge on any atom is 0.679 e. The Balaban J connectivity index is 5.07. The van der Waals surface area contributed by atoms with Crippen LogP contribution >= 0.6 is 0 Å². The Morgan fingerprint density at radius 2 is 0.818 bits per heavy atom.